The highest BCUT2D eigenvalue weighted by atomic mass is 16.5. The zero-order valence-corrected chi connectivity index (χ0v) is 18.1. The number of unbranched alkanes of at least 4 members (excludes halogenated alkanes) is 11. The zero-order valence-electron chi connectivity index (χ0n) is 18.1. The molecule has 0 rings (SSSR count). The molecule has 0 aliphatic carbocycles. The Morgan fingerprint density at radius 3 is 1.73 bits per heavy atom. The van der Waals surface area contributed by atoms with Crippen LogP contribution in [0.15, 0.2) is 0 Å². The molecule has 0 heterocycles. The fourth-order valence-corrected chi connectivity index (χ4v) is 3.64. The van der Waals surface area contributed by atoms with Crippen LogP contribution in [0.3, 0.4) is 0 Å². The van der Waals surface area contributed by atoms with Crippen LogP contribution in [0.25, 0.3) is 0 Å². The number of quaternary nitrogens is 1. The van der Waals surface area contributed by atoms with Gasteiger partial charge >= 0.3 is 0 Å². The Kier molecular flexibility index (Phi) is 16.2. The number of hydrogen-bond donors (Lipinski definition) is 0. The molecule has 26 heavy (non-hydrogen) atoms. The van der Waals surface area contributed by atoms with Crippen molar-refractivity contribution in [2.75, 3.05) is 33.8 Å². The Bertz CT molecular complexity index is 331. The van der Waals surface area contributed by atoms with Crippen LogP contribution in [0.5, 0.6) is 0 Å². The molecule has 4 nitrogen and oxygen atoms in total. The number of hydrogen-bond acceptors (Lipinski definition) is 3. The Hall–Kier alpha value is -0.610. The quantitative estimate of drug-likeness (QED) is 0.251. The number of ether oxygens (including phenoxy) is 1. The average molecular weight is 372 g/mol. The Labute approximate surface area is 162 Å². The van der Waals surface area contributed by atoms with Gasteiger partial charge in [0.1, 0.15) is 19.2 Å². The topological polar surface area (TPSA) is 49.4 Å². The predicted molar refractivity (Wildman–Crippen MR) is 108 cm³/mol. The SMILES string of the molecule is CCCCCCCCCCCCCCC(C[N+](C)(C)CC(=O)[O-])OCC. The van der Waals surface area contributed by atoms with Crippen LogP contribution in [0.1, 0.15) is 97.3 Å². The number of carbonyl (C=O) groups is 1. The molecule has 0 spiro atoms. The number of carbonyl (C=O) groups excluding carboxylic acids is 1. The Balaban J connectivity index is 3.67. The second-order valence-corrected chi connectivity index (χ2v) is 8.40. The number of likely N-dealkylation sites (N-methyl/N-ethyl adjacent to an activating group) is 1. The van der Waals surface area contributed by atoms with E-state index in [1.807, 2.05) is 21.0 Å². The van der Waals surface area contributed by atoms with Crippen LogP contribution in [-0.2, 0) is 9.53 Å². The summed E-state index contributed by atoms with van der Waals surface area (Å²) in [5, 5.41) is 10.9. The van der Waals surface area contributed by atoms with Crippen molar-refractivity contribution in [1.29, 1.82) is 0 Å². The molecule has 0 aromatic heterocycles. The Morgan fingerprint density at radius 2 is 1.31 bits per heavy atom. The highest BCUT2D eigenvalue weighted by Crippen LogP contribution is 2.15. The van der Waals surface area contributed by atoms with E-state index in [1.54, 1.807) is 0 Å². The van der Waals surface area contributed by atoms with Crippen LogP contribution in [0.2, 0.25) is 0 Å². The average Bonchev–Trinajstić information content (AvgIpc) is 2.54. The van der Waals surface area contributed by atoms with E-state index in [2.05, 4.69) is 6.92 Å². The summed E-state index contributed by atoms with van der Waals surface area (Å²) in [7, 11) is 3.87. The normalized spacial score (nSPS) is 13.1. The minimum Gasteiger partial charge on any atom is -0.544 e. The van der Waals surface area contributed by atoms with Gasteiger partial charge in [-0.05, 0) is 13.3 Å². The highest BCUT2D eigenvalue weighted by Gasteiger charge is 2.22. The highest BCUT2D eigenvalue weighted by molar-refractivity contribution is 5.65. The van der Waals surface area contributed by atoms with Gasteiger partial charge in [-0.3, -0.25) is 0 Å². The molecular formula is C22H45NO3. The third kappa shape index (κ3) is 16.8. The van der Waals surface area contributed by atoms with Gasteiger partial charge in [-0.25, -0.2) is 0 Å². The van der Waals surface area contributed by atoms with Crippen molar-refractivity contribution in [3.8, 4) is 0 Å². The van der Waals surface area contributed by atoms with E-state index in [1.165, 1.54) is 77.0 Å². The maximum Gasteiger partial charge on any atom is 0.119 e. The van der Waals surface area contributed by atoms with E-state index < -0.39 is 5.97 Å². The number of aliphatic carboxylic acids is 1. The Morgan fingerprint density at radius 1 is 0.846 bits per heavy atom. The predicted octanol–water partition coefficient (Wildman–Crippen LogP) is 4.31. The lowest BCUT2D eigenvalue weighted by Gasteiger charge is -2.33. The second kappa shape index (κ2) is 16.6. The summed E-state index contributed by atoms with van der Waals surface area (Å²) in [5.74, 6) is -0.990. The van der Waals surface area contributed by atoms with E-state index in [0.717, 1.165) is 13.0 Å². The summed E-state index contributed by atoms with van der Waals surface area (Å²) in [4.78, 5) is 10.9. The largest absolute Gasteiger partial charge is 0.544 e. The summed E-state index contributed by atoms with van der Waals surface area (Å²) in [6, 6.07) is 0. The van der Waals surface area contributed by atoms with E-state index >= 15 is 0 Å². The smallest absolute Gasteiger partial charge is 0.119 e. The fraction of sp³-hybridized carbons (Fsp3) is 0.955. The van der Waals surface area contributed by atoms with Crippen LogP contribution in [-0.4, -0.2) is 50.3 Å². The van der Waals surface area contributed by atoms with E-state index in [9.17, 15) is 9.90 Å². The van der Waals surface area contributed by atoms with Crippen molar-refractivity contribution in [3.63, 3.8) is 0 Å². The first-order valence-corrected chi connectivity index (χ1v) is 11.0. The summed E-state index contributed by atoms with van der Waals surface area (Å²) in [6.07, 6.45) is 17.4. The van der Waals surface area contributed by atoms with Gasteiger partial charge in [0.2, 0.25) is 0 Å². The molecule has 0 aromatic carbocycles. The number of carboxylic acids is 1. The van der Waals surface area contributed by atoms with Gasteiger partial charge in [0.05, 0.1) is 20.1 Å². The lowest BCUT2D eigenvalue weighted by Crippen LogP contribution is -2.52. The minimum atomic E-state index is -0.990. The van der Waals surface area contributed by atoms with Crippen molar-refractivity contribution in [1.82, 2.24) is 0 Å². The zero-order chi connectivity index (χ0) is 19.7. The number of rotatable bonds is 19. The standard InChI is InChI=1S/C22H45NO3/c1-5-7-8-9-10-11-12-13-14-15-16-17-18-21(26-6-2)19-23(3,4)20-22(24)25/h21H,5-20H2,1-4H3. The van der Waals surface area contributed by atoms with Gasteiger partial charge in [-0.15, -0.1) is 0 Å². The third-order valence-corrected chi connectivity index (χ3v) is 5.04. The number of carboxylic acid groups (broad SMARTS) is 1. The van der Waals surface area contributed by atoms with E-state index in [-0.39, 0.29) is 12.6 Å². The van der Waals surface area contributed by atoms with Gasteiger partial charge in [-0.1, -0.05) is 84.0 Å². The van der Waals surface area contributed by atoms with Gasteiger partial charge in [0, 0.05) is 6.61 Å². The summed E-state index contributed by atoms with van der Waals surface area (Å²) in [6.45, 7) is 5.74. The summed E-state index contributed by atoms with van der Waals surface area (Å²) in [5.41, 5.74) is 0. The van der Waals surface area contributed by atoms with Crippen molar-refractivity contribution >= 4 is 5.97 Å². The fourth-order valence-electron chi connectivity index (χ4n) is 3.64. The maximum atomic E-state index is 10.9. The molecule has 0 radical (unpaired) electrons. The monoisotopic (exact) mass is 371 g/mol. The summed E-state index contributed by atoms with van der Waals surface area (Å²) >= 11 is 0. The molecule has 0 saturated heterocycles. The van der Waals surface area contributed by atoms with Crippen molar-refractivity contribution < 1.29 is 19.1 Å². The van der Waals surface area contributed by atoms with Crippen LogP contribution >= 0.6 is 0 Å². The molecule has 4 heteroatoms. The maximum absolute atomic E-state index is 10.9. The third-order valence-electron chi connectivity index (χ3n) is 5.04. The molecule has 0 saturated carbocycles. The molecule has 0 aliphatic rings. The van der Waals surface area contributed by atoms with Crippen molar-refractivity contribution in [2.45, 2.75) is 103 Å². The molecule has 156 valence electrons. The van der Waals surface area contributed by atoms with Crippen LogP contribution in [0.4, 0.5) is 0 Å². The van der Waals surface area contributed by atoms with Gasteiger partial charge in [-0.2, -0.15) is 0 Å². The molecule has 0 bridgehead atoms. The first-order chi connectivity index (χ1) is 12.4. The van der Waals surface area contributed by atoms with Gasteiger partial charge in [0.25, 0.3) is 0 Å². The van der Waals surface area contributed by atoms with Crippen molar-refractivity contribution in [3.05, 3.63) is 0 Å². The van der Waals surface area contributed by atoms with E-state index in [0.29, 0.717) is 11.1 Å². The molecule has 0 aliphatic heterocycles. The lowest BCUT2D eigenvalue weighted by atomic mass is 10.0. The first-order valence-electron chi connectivity index (χ1n) is 11.0. The molecule has 1 atom stereocenters. The van der Waals surface area contributed by atoms with E-state index in [4.69, 9.17) is 4.74 Å². The molecule has 0 N–H and O–H groups in total. The van der Waals surface area contributed by atoms with Crippen LogP contribution < -0.4 is 5.11 Å². The van der Waals surface area contributed by atoms with Gasteiger partial charge < -0.3 is 19.1 Å². The van der Waals surface area contributed by atoms with Gasteiger partial charge in [0.15, 0.2) is 0 Å². The van der Waals surface area contributed by atoms with Crippen LogP contribution in [0, 0.1) is 0 Å². The lowest BCUT2D eigenvalue weighted by molar-refractivity contribution is -0.888. The minimum absolute atomic E-state index is 0.0437. The van der Waals surface area contributed by atoms with Crippen molar-refractivity contribution in [2.24, 2.45) is 0 Å². The first kappa shape index (κ1) is 25.4. The molecule has 0 aromatic rings. The molecule has 0 fully saturated rings. The molecule has 0 amide bonds. The number of nitrogens with zero attached hydrogens (tertiary/aromatic N) is 1. The molecule has 1 unspecified atom stereocenters. The molecular weight excluding hydrogens is 326 g/mol. The summed E-state index contributed by atoms with van der Waals surface area (Å²) < 4.78 is 6.25. The second-order valence-electron chi connectivity index (χ2n) is 8.40.